The Morgan fingerprint density at radius 3 is 1.24 bits per heavy atom. The zero-order valence-corrected chi connectivity index (χ0v) is 12.6. The number of rotatable bonds is 9. The van der Waals surface area contributed by atoms with Gasteiger partial charge in [-0.1, -0.05) is 40.0 Å². The maximum absolute atomic E-state index is 8.74. The fourth-order valence-corrected chi connectivity index (χ4v) is 1.48. The SMILES string of the molecule is CCCCN(CCCC)CCCC.O=[PH](O)O. The van der Waals surface area contributed by atoms with Crippen LogP contribution >= 0.6 is 8.25 Å². The van der Waals surface area contributed by atoms with Crippen molar-refractivity contribution in [2.45, 2.75) is 59.3 Å². The molecule has 0 bridgehead atoms. The summed E-state index contributed by atoms with van der Waals surface area (Å²) >= 11 is 0. The highest BCUT2D eigenvalue weighted by Gasteiger charge is 2.01. The molecule has 0 saturated heterocycles. The summed E-state index contributed by atoms with van der Waals surface area (Å²) in [5, 5.41) is 0. The molecule has 0 atom stereocenters. The normalized spacial score (nSPS) is 10.5. The molecule has 5 heteroatoms. The molecule has 2 N–H and O–H groups in total. The van der Waals surface area contributed by atoms with Gasteiger partial charge in [0.05, 0.1) is 0 Å². The molecule has 0 radical (unpaired) electrons. The third kappa shape index (κ3) is 21.9. The van der Waals surface area contributed by atoms with E-state index < -0.39 is 8.25 Å². The lowest BCUT2D eigenvalue weighted by Crippen LogP contribution is -2.27. The molecule has 0 aromatic carbocycles. The van der Waals surface area contributed by atoms with Crippen LogP contribution in [0.15, 0.2) is 0 Å². The van der Waals surface area contributed by atoms with Crippen LogP contribution in [0.25, 0.3) is 0 Å². The second-order valence-electron chi connectivity index (χ2n) is 4.18. The predicted octanol–water partition coefficient (Wildman–Crippen LogP) is 3.05. The summed E-state index contributed by atoms with van der Waals surface area (Å²) in [7, 11) is -3.13. The van der Waals surface area contributed by atoms with Crippen molar-refractivity contribution in [2.75, 3.05) is 19.6 Å². The predicted molar refractivity (Wildman–Crippen MR) is 74.6 cm³/mol. The zero-order chi connectivity index (χ0) is 13.5. The van der Waals surface area contributed by atoms with Gasteiger partial charge >= 0.3 is 8.25 Å². The molecule has 4 nitrogen and oxygen atoms in total. The third-order valence-corrected chi connectivity index (χ3v) is 2.48. The summed E-state index contributed by atoms with van der Waals surface area (Å²) in [6.45, 7) is 10.8. The second-order valence-corrected chi connectivity index (χ2v) is 4.75. The summed E-state index contributed by atoms with van der Waals surface area (Å²) in [4.78, 5) is 17.0. The fraction of sp³-hybridized carbons (Fsp3) is 1.00. The van der Waals surface area contributed by atoms with Gasteiger partial charge in [-0.2, -0.15) is 0 Å². The smallest absolute Gasteiger partial charge is 0.314 e. The first-order valence-electron chi connectivity index (χ1n) is 6.72. The summed E-state index contributed by atoms with van der Waals surface area (Å²) in [6.07, 6.45) is 8.09. The highest BCUT2D eigenvalue weighted by atomic mass is 31.1. The minimum absolute atomic E-state index is 1.32. The molecule has 0 amide bonds. The van der Waals surface area contributed by atoms with E-state index in [0.29, 0.717) is 0 Å². The van der Waals surface area contributed by atoms with Crippen molar-refractivity contribution in [3.8, 4) is 0 Å². The van der Waals surface area contributed by atoms with E-state index in [-0.39, 0.29) is 0 Å². The second kappa shape index (κ2) is 16.1. The lowest BCUT2D eigenvalue weighted by atomic mass is 10.2. The largest absolute Gasteiger partial charge is 0.326 e. The number of unbranched alkanes of at least 4 members (excludes halogenated alkanes) is 3. The minimum atomic E-state index is -3.13. The van der Waals surface area contributed by atoms with Crippen LogP contribution in [0.2, 0.25) is 0 Å². The Morgan fingerprint density at radius 1 is 0.824 bits per heavy atom. The Kier molecular flexibility index (Phi) is 18.4. The number of hydrogen-bond acceptors (Lipinski definition) is 2. The molecule has 0 spiro atoms. The molecule has 0 aromatic rings. The van der Waals surface area contributed by atoms with E-state index in [1.165, 1.54) is 58.2 Å². The van der Waals surface area contributed by atoms with Gasteiger partial charge in [-0.25, -0.2) is 0 Å². The van der Waals surface area contributed by atoms with E-state index in [1.54, 1.807) is 0 Å². The van der Waals surface area contributed by atoms with Crippen molar-refractivity contribution >= 4 is 8.25 Å². The van der Waals surface area contributed by atoms with E-state index >= 15 is 0 Å². The first-order chi connectivity index (χ1) is 8.08. The van der Waals surface area contributed by atoms with Crippen molar-refractivity contribution in [3.63, 3.8) is 0 Å². The standard InChI is InChI=1S/C12H27N.H3O3P/c1-4-7-10-13(11-8-5-2)12-9-6-3;1-4(2)3/h4-12H2,1-3H3;4H,(H2,1,2,3). The van der Waals surface area contributed by atoms with Gasteiger partial charge in [-0.05, 0) is 38.9 Å². The van der Waals surface area contributed by atoms with Gasteiger partial charge in [0.2, 0.25) is 0 Å². The first-order valence-corrected chi connectivity index (χ1v) is 8.02. The van der Waals surface area contributed by atoms with E-state index in [9.17, 15) is 0 Å². The summed E-state index contributed by atoms with van der Waals surface area (Å²) in [5.41, 5.74) is 0. The lowest BCUT2D eigenvalue weighted by molar-refractivity contribution is 0.261. The Bertz CT molecular complexity index is 145. The maximum atomic E-state index is 8.74. The molecule has 0 aliphatic heterocycles. The maximum Gasteiger partial charge on any atom is 0.314 e. The molecule has 0 heterocycles. The Balaban J connectivity index is 0. The molecule has 0 aliphatic carbocycles. The molecule has 0 unspecified atom stereocenters. The van der Waals surface area contributed by atoms with E-state index in [2.05, 4.69) is 25.7 Å². The Hall–Kier alpha value is 0.110. The monoisotopic (exact) mass is 267 g/mol. The van der Waals surface area contributed by atoms with Gasteiger partial charge in [0, 0.05) is 0 Å². The van der Waals surface area contributed by atoms with Crippen molar-refractivity contribution in [1.82, 2.24) is 4.90 Å². The molecule has 0 rings (SSSR count). The summed E-state index contributed by atoms with van der Waals surface area (Å²) in [5.74, 6) is 0. The highest BCUT2D eigenvalue weighted by molar-refractivity contribution is 7.30. The average molecular weight is 267 g/mol. The molecule has 0 aliphatic rings. The first kappa shape index (κ1) is 19.4. The van der Waals surface area contributed by atoms with E-state index in [0.717, 1.165) is 0 Å². The number of nitrogens with zero attached hydrogens (tertiary/aromatic N) is 1. The zero-order valence-electron chi connectivity index (χ0n) is 11.6. The molecular formula is C12H30NO3P. The summed E-state index contributed by atoms with van der Waals surface area (Å²) in [6, 6.07) is 0. The quantitative estimate of drug-likeness (QED) is 0.630. The molecule has 17 heavy (non-hydrogen) atoms. The lowest BCUT2D eigenvalue weighted by Gasteiger charge is -2.21. The topological polar surface area (TPSA) is 60.8 Å². The van der Waals surface area contributed by atoms with Crippen LogP contribution < -0.4 is 0 Å². The van der Waals surface area contributed by atoms with Crippen LogP contribution in [0.3, 0.4) is 0 Å². The number of hydrogen-bond donors (Lipinski definition) is 2. The van der Waals surface area contributed by atoms with Gasteiger partial charge in [-0.15, -0.1) is 0 Å². The third-order valence-electron chi connectivity index (χ3n) is 2.48. The highest BCUT2D eigenvalue weighted by Crippen LogP contribution is 2.01. The van der Waals surface area contributed by atoms with Crippen LogP contribution in [-0.4, -0.2) is 34.3 Å². The minimum Gasteiger partial charge on any atom is -0.326 e. The van der Waals surface area contributed by atoms with E-state index in [1.807, 2.05) is 0 Å². The average Bonchev–Trinajstić information content (AvgIpc) is 2.27. The molecular weight excluding hydrogens is 237 g/mol. The van der Waals surface area contributed by atoms with Crippen molar-refractivity contribution in [3.05, 3.63) is 0 Å². The van der Waals surface area contributed by atoms with Gasteiger partial charge in [-0.3, -0.25) is 4.57 Å². The van der Waals surface area contributed by atoms with Gasteiger partial charge in [0.25, 0.3) is 0 Å². The van der Waals surface area contributed by atoms with Crippen LogP contribution in [0.5, 0.6) is 0 Å². The van der Waals surface area contributed by atoms with Gasteiger partial charge in [0.15, 0.2) is 0 Å². The van der Waals surface area contributed by atoms with Crippen LogP contribution in [0.1, 0.15) is 59.3 Å². The van der Waals surface area contributed by atoms with Crippen molar-refractivity contribution in [2.24, 2.45) is 0 Å². The van der Waals surface area contributed by atoms with Gasteiger partial charge in [0.1, 0.15) is 0 Å². The van der Waals surface area contributed by atoms with Crippen molar-refractivity contribution < 1.29 is 14.4 Å². The van der Waals surface area contributed by atoms with Gasteiger partial charge < -0.3 is 14.7 Å². The Morgan fingerprint density at radius 2 is 1.06 bits per heavy atom. The van der Waals surface area contributed by atoms with Crippen LogP contribution in [0, 0.1) is 0 Å². The molecule has 0 saturated carbocycles. The van der Waals surface area contributed by atoms with Crippen LogP contribution in [-0.2, 0) is 4.57 Å². The van der Waals surface area contributed by atoms with E-state index in [4.69, 9.17) is 14.4 Å². The van der Waals surface area contributed by atoms with Crippen LogP contribution in [0.4, 0.5) is 0 Å². The van der Waals surface area contributed by atoms with Crippen molar-refractivity contribution in [1.29, 1.82) is 0 Å². The molecule has 106 valence electrons. The Labute approximate surface area is 107 Å². The fourth-order valence-electron chi connectivity index (χ4n) is 1.48. The molecule has 0 aromatic heterocycles. The summed E-state index contributed by atoms with van der Waals surface area (Å²) < 4.78 is 8.74. The molecule has 0 fully saturated rings.